The number of nitrogens with zero attached hydrogens (tertiary/aromatic N) is 1. The summed E-state index contributed by atoms with van der Waals surface area (Å²) in [6.07, 6.45) is 4.79. The van der Waals surface area contributed by atoms with Gasteiger partial charge in [-0.25, -0.2) is 4.39 Å². The number of rotatable bonds is 3. The van der Waals surface area contributed by atoms with E-state index in [1.54, 1.807) is 24.9 Å². The Morgan fingerprint density at radius 1 is 1.42 bits per heavy atom. The minimum Gasteiger partial charge on any atom is -0.399 e. The highest BCUT2D eigenvalue weighted by atomic mass is 19.1. The molecule has 0 atom stereocenters. The first kappa shape index (κ1) is 13.8. The summed E-state index contributed by atoms with van der Waals surface area (Å²) < 4.78 is 14.0. The van der Waals surface area contributed by atoms with Crippen LogP contribution in [0.15, 0.2) is 12.1 Å². The van der Waals surface area contributed by atoms with Gasteiger partial charge in [-0.3, -0.25) is 4.79 Å². The van der Waals surface area contributed by atoms with Crippen molar-refractivity contribution in [2.24, 2.45) is 5.92 Å². The van der Waals surface area contributed by atoms with Crippen LogP contribution < -0.4 is 5.73 Å². The van der Waals surface area contributed by atoms with Gasteiger partial charge in [0.2, 0.25) is 0 Å². The van der Waals surface area contributed by atoms with Crippen LogP contribution in [0.3, 0.4) is 0 Å². The fraction of sp³-hybridized carbons (Fsp3) is 0.533. The first-order chi connectivity index (χ1) is 8.99. The SMILES string of the molecule is Cc1cc(N)cc(C(=O)N(C)CC2CCCC2)c1F. The molecule has 1 aromatic carbocycles. The van der Waals surface area contributed by atoms with Crippen LogP contribution in [0.4, 0.5) is 10.1 Å². The zero-order valence-electron chi connectivity index (χ0n) is 11.6. The number of halogens is 1. The number of nitrogens with two attached hydrogens (primary N) is 1. The maximum absolute atomic E-state index is 14.0. The third kappa shape index (κ3) is 3.06. The minimum atomic E-state index is -0.461. The number of carbonyl (C=O) groups is 1. The highest BCUT2D eigenvalue weighted by Gasteiger charge is 2.22. The highest BCUT2D eigenvalue weighted by Crippen LogP contribution is 2.26. The molecule has 0 aromatic heterocycles. The molecular formula is C15H21FN2O. The molecule has 2 N–H and O–H groups in total. The Labute approximate surface area is 113 Å². The van der Waals surface area contributed by atoms with Crippen molar-refractivity contribution in [2.75, 3.05) is 19.3 Å². The van der Waals surface area contributed by atoms with Crippen molar-refractivity contribution < 1.29 is 9.18 Å². The molecule has 1 saturated carbocycles. The van der Waals surface area contributed by atoms with Crippen LogP contribution in [0.5, 0.6) is 0 Å². The Kier molecular flexibility index (Phi) is 4.08. The molecule has 0 radical (unpaired) electrons. The van der Waals surface area contributed by atoms with E-state index in [2.05, 4.69) is 0 Å². The second-order valence-electron chi connectivity index (χ2n) is 5.54. The van der Waals surface area contributed by atoms with Crippen molar-refractivity contribution in [1.29, 1.82) is 0 Å². The second-order valence-corrected chi connectivity index (χ2v) is 5.54. The van der Waals surface area contributed by atoms with Gasteiger partial charge in [-0.15, -0.1) is 0 Å². The third-order valence-corrected chi connectivity index (χ3v) is 3.86. The number of nitrogen functional groups attached to an aromatic ring is 1. The smallest absolute Gasteiger partial charge is 0.256 e. The van der Waals surface area contributed by atoms with Crippen LogP contribution in [-0.4, -0.2) is 24.4 Å². The van der Waals surface area contributed by atoms with Gasteiger partial charge in [0.05, 0.1) is 5.56 Å². The molecule has 0 heterocycles. The van der Waals surface area contributed by atoms with Gasteiger partial charge in [0.15, 0.2) is 0 Å². The molecule has 104 valence electrons. The summed E-state index contributed by atoms with van der Waals surface area (Å²) in [6, 6.07) is 2.97. The summed E-state index contributed by atoms with van der Waals surface area (Å²) in [5, 5.41) is 0. The standard InChI is InChI=1S/C15H21FN2O/c1-10-7-12(17)8-13(14(10)16)15(19)18(2)9-11-5-3-4-6-11/h7-8,11H,3-6,9,17H2,1-2H3. The molecule has 4 heteroatoms. The molecule has 2 rings (SSSR count). The fourth-order valence-corrected chi connectivity index (χ4v) is 2.82. The summed E-state index contributed by atoms with van der Waals surface area (Å²) in [7, 11) is 1.73. The quantitative estimate of drug-likeness (QED) is 0.853. The van der Waals surface area contributed by atoms with Crippen molar-refractivity contribution >= 4 is 11.6 Å². The molecular weight excluding hydrogens is 243 g/mol. The van der Waals surface area contributed by atoms with Gasteiger partial charge >= 0.3 is 0 Å². The number of benzene rings is 1. The van der Waals surface area contributed by atoms with Crippen LogP contribution in [-0.2, 0) is 0 Å². The van der Waals surface area contributed by atoms with Gasteiger partial charge in [0, 0.05) is 19.3 Å². The van der Waals surface area contributed by atoms with Crippen molar-refractivity contribution in [3.05, 3.63) is 29.1 Å². The summed E-state index contributed by atoms with van der Waals surface area (Å²) in [5.74, 6) is -0.184. The van der Waals surface area contributed by atoms with Crippen LogP contribution >= 0.6 is 0 Å². The van der Waals surface area contributed by atoms with E-state index in [0.717, 1.165) is 12.8 Å². The Balaban J connectivity index is 2.14. The number of anilines is 1. The normalized spacial score (nSPS) is 15.7. The van der Waals surface area contributed by atoms with Crippen molar-refractivity contribution in [3.8, 4) is 0 Å². The predicted octanol–water partition coefficient (Wildman–Crippen LogP) is 2.98. The zero-order valence-corrected chi connectivity index (χ0v) is 11.6. The van der Waals surface area contributed by atoms with Gasteiger partial charge in [-0.05, 0) is 43.4 Å². The van der Waals surface area contributed by atoms with Crippen LogP contribution in [0.1, 0.15) is 41.6 Å². The lowest BCUT2D eigenvalue weighted by Crippen LogP contribution is -2.32. The Hall–Kier alpha value is -1.58. The van der Waals surface area contributed by atoms with E-state index in [0.29, 0.717) is 23.7 Å². The molecule has 1 aliphatic carbocycles. The maximum atomic E-state index is 14.0. The fourth-order valence-electron chi connectivity index (χ4n) is 2.82. The van der Waals surface area contributed by atoms with E-state index >= 15 is 0 Å². The second kappa shape index (κ2) is 5.59. The molecule has 1 aromatic rings. The molecule has 0 unspecified atom stereocenters. The van der Waals surface area contributed by atoms with Crippen LogP contribution in [0, 0.1) is 18.7 Å². The predicted molar refractivity (Wildman–Crippen MR) is 74.5 cm³/mol. The zero-order chi connectivity index (χ0) is 14.0. The van der Waals surface area contributed by atoms with Gasteiger partial charge in [0.1, 0.15) is 5.82 Å². The van der Waals surface area contributed by atoms with Gasteiger partial charge in [-0.2, -0.15) is 0 Å². The molecule has 0 spiro atoms. The van der Waals surface area contributed by atoms with E-state index in [9.17, 15) is 9.18 Å². The molecule has 1 fully saturated rings. The first-order valence-electron chi connectivity index (χ1n) is 6.80. The largest absolute Gasteiger partial charge is 0.399 e. The summed E-state index contributed by atoms with van der Waals surface area (Å²) in [5.41, 5.74) is 6.62. The average Bonchev–Trinajstić information content (AvgIpc) is 2.85. The third-order valence-electron chi connectivity index (χ3n) is 3.86. The summed E-state index contributed by atoms with van der Waals surface area (Å²) in [4.78, 5) is 13.9. The van der Waals surface area contributed by atoms with Crippen LogP contribution in [0.2, 0.25) is 0 Å². The maximum Gasteiger partial charge on any atom is 0.256 e. The molecule has 3 nitrogen and oxygen atoms in total. The lowest BCUT2D eigenvalue weighted by molar-refractivity contribution is 0.0768. The Morgan fingerprint density at radius 2 is 2.05 bits per heavy atom. The Morgan fingerprint density at radius 3 is 2.68 bits per heavy atom. The monoisotopic (exact) mass is 264 g/mol. The molecule has 0 bridgehead atoms. The Bertz CT molecular complexity index is 481. The number of carbonyl (C=O) groups excluding carboxylic acids is 1. The lowest BCUT2D eigenvalue weighted by Gasteiger charge is -2.21. The van der Waals surface area contributed by atoms with E-state index in [4.69, 9.17) is 5.73 Å². The summed E-state index contributed by atoms with van der Waals surface area (Å²) >= 11 is 0. The summed E-state index contributed by atoms with van der Waals surface area (Å²) in [6.45, 7) is 2.32. The van der Waals surface area contributed by atoms with Crippen LogP contribution in [0.25, 0.3) is 0 Å². The number of amides is 1. The van der Waals surface area contributed by atoms with E-state index in [1.807, 2.05) is 0 Å². The van der Waals surface area contributed by atoms with Crippen molar-refractivity contribution in [3.63, 3.8) is 0 Å². The lowest BCUT2D eigenvalue weighted by atomic mass is 10.1. The molecule has 19 heavy (non-hydrogen) atoms. The molecule has 1 amide bonds. The van der Waals surface area contributed by atoms with E-state index < -0.39 is 5.82 Å². The average molecular weight is 264 g/mol. The number of hydrogen-bond acceptors (Lipinski definition) is 2. The number of aryl methyl sites for hydroxylation is 1. The molecule has 0 aliphatic heterocycles. The topological polar surface area (TPSA) is 46.3 Å². The van der Waals surface area contributed by atoms with Gasteiger partial charge in [0.25, 0.3) is 5.91 Å². The van der Waals surface area contributed by atoms with Gasteiger partial charge < -0.3 is 10.6 Å². The first-order valence-corrected chi connectivity index (χ1v) is 6.80. The highest BCUT2D eigenvalue weighted by molar-refractivity contribution is 5.95. The van der Waals surface area contributed by atoms with E-state index in [1.165, 1.54) is 18.9 Å². The minimum absolute atomic E-state index is 0.0815. The van der Waals surface area contributed by atoms with Gasteiger partial charge in [-0.1, -0.05) is 12.8 Å². The van der Waals surface area contributed by atoms with Crippen molar-refractivity contribution in [2.45, 2.75) is 32.6 Å². The van der Waals surface area contributed by atoms with E-state index in [-0.39, 0.29) is 11.5 Å². The molecule has 0 saturated heterocycles. The number of hydrogen-bond donors (Lipinski definition) is 1. The molecule has 1 aliphatic rings. The van der Waals surface area contributed by atoms with Crippen molar-refractivity contribution in [1.82, 2.24) is 4.90 Å².